The number of benzene rings is 1. The van der Waals surface area contributed by atoms with Crippen LogP contribution in [0.1, 0.15) is 26.2 Å². The molecule has 0 heterocycles. The number of nitriles is 1. The first-order valence-corrected chi connectivity index (χ1v) is 7.63. The summed E-state index contributed by atoms with van der Waals surface area (Å²) in [5.74, 6) is 1.39. The van der Waals surface area contributed by atoms with Crippen LogP contribution in [0.3, 0.4) is 0 Å². The molecular formula is C15H20N2S. The second-order valence-electron chi connectivity index (χ2n) is 4.89. The largest absolute Gasteiger partial charge is 0.298 e. The van der Waals surface area contributed by atoms with Gasteiger partial charge in [-0.15, -0.1) is 11.8 Å². The van der Waals surface area contributed by atoms with E-state index in [0.717, 1.165) is 18.7 Å². The predicted octanol–water partition coefficient (Wildman–Crippen LogP) is 3.45. The van der Waals surface area contributed by atoms with Crippen molar-refractivity contribution in [3.8, 4) is 6.07 Å². The van der Waals surface area contributed by atoms with Crippen LogP contribution in [0.15, 0.2) is 35.2 Å². The highest BCUT2D eigenvalue weighted by Gasteiger charge is 2.45. The van der Waals surface area contributed by atoms with E-state index in [4.69, 9.17) is 0 Å². The third-order valence-corrected chi connectivity index (χ3v) is 4.58. The Balaban J connectivity index is 1.99. The van der Waals surface area contributed by atoms with Crippen molar-refractivity contribution in [3.63, 3.8) is 0 Å². The zero-order valence-electron chi connectivity index (χ0n) is 10.9. The highest BCUT2D eigenvalue weighted by molar-refractivity contribution is 7.99. The van der Waals surface area contributed by atoms with E-state index in [9.17, 15) is 5.26 Å². The molecule has 96 valence electrons. The molecule has 0 amide bonds. The van der Waals surface area contributed by atoms with Crippen LogP contribution in [-0.2, 0) is 0 Å². The van der Waals surface area contributed by atoms with E-state index in [0.29, 0.717) is 5.92 Å². The van der Waals surface area contributed by atoms with E-state index in [1.807, 2.05) is 18.2 Å². The maximum atomic E-state index is 9.57. The summed E-state index contributed by atoms with van der Waals surface area (Å²) in [6.45, 7) is 3.08. The third kappa shape index (κ3) is 3.28. The molecule has 0 spiro atoms. The Kier molecular flexibility index (Phi) is 4.68. The molecule has 1 saturated carbocycles. The summed E-state index contributed by atoms with van der Waals surface area (Å²) in [6, 6.07) is 12.9. The molecule has 1 aromatic rings. The quantitative estimate of drug-likeness (QED) is 0.763. The molecule has 18 heavy (non-hydrogen) atoms. The Labute approximate surface area is 114 Å². The van der Waals surface area contributed by atoms with E-state index >= 15 is 0 Å². The van der Waals surface area contributed by atoms with Gasteiger partial charge in [0.25, 0.3) is 0 Å². The molecule has 1 aromatic carbocycles. The zero-order valence-corrected chi connectivity index (χ0v) is 11.7. The predicted molar refractivity (Wildman–Crippen MR) is 76.5 cm³/mol. The fourth-order valence-electron chi connectivity index (χ4n) is 2.11. The maximum Gasteiger partial charge on any atom is 0.119 e. The normalized spacial score (nSPS) is 18.0. The van der Waals surface area contributed by atoms with Crippen molar-refractivity contribution in [3.05, 3.63) is 30.3 Å². The topological polar surface area (TPSA) is 35.8 Å². The number of thioether (sulfide) groups is 1. The van der Waals surface area contributed by atoms with E-state index in [1.54, 1.807) is 11.8 Å². The van der Waals surface area contributed by atoms with Crippen molar-refractivity contribution in [2.24, 2.45) is 5.92 Å². The summed E-state index contributed by atoms with van der Waals surface area (Å²) in [5.41, 5.74) is -0.323. The van der Waals surface area contributed by atoms with Gasteiger partial charge in [-0.1, -0.05) is 25.1 Å². The van der Waals surface area contributed by atoms with Crippen LogP contribution in [0.25, 0.3) is 0 Å². The monoisotopic (exact) mass is 260 g/mol. The third-order valence-electron chi connectivity index (χ3n) is 3.37. The van der Waals surface area contributed by atoms with Crippen LogP contribution in [0.2, 0.25) is 0 Å². The highest BCUT2D eigenvalue weighted by Crippen LogP contribution is 2.42. The first-order chi connectivity index (χ1) is 8.80. The molecule has 2 rings (SSSR count). The van der Waals surface area contributed by atoms with Gasteiger partial charge in [0.05, 0.1) is 6.07 Å². The smallest absolute Gasteiger partial charge is 0.119 e. The van der Waals surface area contributed by atoms with Crippen molar-refractivity contribution in [2.45, 2.75) is 36.6 Å². The summed E-state index contributed by atoms with van der Waals surface area (Å²) < 4.78 is 0. The van der Waals surface area contributed by atoms with E-state index in [2.05, 4.69) is 30.4 Å². The summed E-state index contributed by atoms with van der Waals surface area (Å²) in [5, 5.41) is 13.0. The zero-order chi connectivity index (χ0) is 12.8. The molecule has 0 radical (unpaired) electrons. The van der Waals surface area contributed by atoms with E-state index in [-0.39, 0.29) is 5.54 Å². The summed E-state index contributed by atoms with van der Waals surface area (Å²) >= 11 is 1.79. The van der Waals surface area contributed by atoms with Gasteiger partial charge in [0.2, 0.25) is 0 Å². The highest BCUT2D eigenvalue weighted by atomic mass is 32.2. The van der Waals surface area contributed by atoms with Crippen LogP contribution in [-0.4, -0.2) is 17.8 Å². The number of nitrogens with one attached hydrogen (secondary N) is 1. The molecule has 0 aromatic heterocycles. The van der Waals surface area contributed by atoms with Crippen LogP contribution in [0.4, 0.5) is 0 Å². The molecule has 1 aliphatic rings. The van der Waals surface area contributed by atoms with Crippen molar-refractivity contribution in [2.75, 3.05) is 12.3 Å². The first-order valence-electron chi connectivity index (χ1n) is 6.65. The lowest BCUT2D eigenvalue weighted by atomic mass is 9.97. The molecule has 0 aliphatic heterocycles. The standard InChI is InChI=1S/C15H20N2S/c1-2-10-17-15(11-16,13-8-9-13)12-18-14-6-4-3-5-7-14/h3-7,13,17H,2,8-10,12H2,1H3. The molecule has 3 heteroatoms. The van der Waals surface area contributed by atoms with Gasteiger partial charge >= 0.3 is 0 Å². The molecule has 1 N–H and O–H groups in total. The molecule has 1 unspecified atom stereocenters. The maximum absolute atomic E-state index is 9.57. The Morgan fingerprint density at radius 3 is 2.67 bits per heavy atom. The van der Waals surface area contributed by atoms with Crippen LogP contribution < -0.4 is 5.32 Å². The van der Waals surface area contributed by atoms with Crippen molar-refractivity contribution in [1.82, 2.24) is 5.32 Å². The van der Waals surface area contributed by atoms with Crippen molar-refractivity contribution < 1.29 is 0 Å². The van der Waals surface area contributed by atoms with Gasteiger partial charge < -0.3 is 0 Å². The lowest BCUT2D eigenvalue weighted by molar-refractivity contribution is 0.406. The number of hydrogen-bond donors (Lipinski definition) is 1. The summed E-state index contributed by atoms with van der Waals surface area (Å²) in [4.78, 5) is 1.25. The van der Waals surface area contributed by atoms with Gasteiger partial charge in [-0.2, -0.15) is 5.26 Å². The molecule has 0 bridgehead atoms. The number of nitrogens with zero attached hydrogens (tertiary/aromatic N) is 1. The Bertz CT molecular complexity index is 408. The molecule has 0 saturated heterocycles. The fraction of sp³-hybridized carbons (Fsp3) is 0.533. The number of rotatable bonds is 7. The Morgan fingerprint density at radius 1 is 1.39 bits per heavy atom. The SMILES string of the molecule is CCCNC(C#N)(CSc1ccccc1)C1CC1. The molecule has 2 nitrogen and oxygen atoms in total. The summed E-state index contributed by atoms with van der Waals surface area (Å²) in [7, 11) is 0. The van der Waals surface area contributed by atoms with E-state index in [1.165, 1.54) is 17.7 Å². The van der Waals surface area contributed by atoms with Crippen molar-refractivity contribution >= 4 is 11.8 Å². The van der Waals surface area contributed by atoms with Gasteiger partial charge in [-0.05, 0) is 43.9 Å². The van der Waals surface area contributed by atoms with Crippen LogP contribution in [0, 0.1) is 17.2 Å². The molecule has 1 fully saturated rings. The van der Waals surface area contributed by atoms with Crippen LogP contribution in [0.5, 0.6) is 0 Å². The molecule has 1 aliphatic carbocycles. The van der Waals surface area contributed by atoms with E-state index < -0.39 is 0 Å². The van der Waals surface area contributed by atoms with Crippen LogP contribution >= 0.6 is 11.8 Å². The Hall–Kier alpha value is -0.980. The minimum Gasteiger partial charge on any atom is -0.298 e. The minimum absolute atomic E-state index is 0.323. The lowest BCUT2D eigenvalue weighted by Gasteiger charge is -2.27. The number of hydrogen-bond acceptors (Lipinski definition) is 3. The minimum atomic E-state index is -0.323. The summed E-state index contributed by atoms with van der Waals surface area (Å²) in [6.07, 6.45) is 3.46. The molecular weight excluding hydrogens is 240 g/mol. The van der Waals surface area contributed by atoms with Gasteiger partial charge in [-0.3, -0.25) is 5.32 Å². The van der Waals surface area contributed by atoms with Gasteiger partial charge in [-0.25, -0.2) is 0 Å². The fourth-order valence-corrected chi connectivity index (χ4v) is 3.26. The van der Waals surface area contributed by atoms with Crippen molar-refractivity contribution in [1.29, 1.82) is 5.26 Å². The first kappa shape index (κ1) is 13.5. The second-order valence-corrected chi connectivity index (χ2v) is 5.93. The van der Waals surface area contributed by atoms with Gasteiger partial charge in [0.1, 0.15) is 5.54 Å². The molecule has 1 atom stereocenters. The van der Waals surface area contributed by atoms with Gasteiger partial charge in [0.15, 0.2) is 0 Å². The lowest BCUT2D eigenvalue weighted by Crippen LogP contribution is -2.48. The van der Waals surface area contributed by atoms with Gasteiger partial charge in [0, 0.05) is 10.6 Å². The Morgan fingerprint density at radius 2 is 2.11 bits per heavy atom. The second kappa shape index (κ2) is 6.26. The average molecular weight is 260 g/mol. The average Bonchev–Trinajstić information content (AvgIpc) is 3.26.